The van der Waals surface area contributed by atoms with Gasteiger partial charge >= 0.3 is 12.0 Å². The van der Waals surface area contributed by atoms with Gasteiger partial charge in [-0.1, -0.05) is 13.8 Å². The van der Waals surface area contributed by atoms with Crippen LogP contribution < -0.4 is 5.32 Å². The van der Waals surface area contributed by atoms with E-state index < -0.39 is 5.97 Å². The molecule has 2 N–H and O–H groups in total. The van der Waals surface area contributed by atoms with Gasteiger partial charge in [0.25, 0.3) is 0 Å². The van der Waals surface area contributed by atoms with Gasteiger partial charge in [0.15, 0.2) is 0 Å². The van der Waals surface area contributed by atoms with Gasteiger partial charge in [0.2, 0.25) is 0 Å². The Labute approximate surface area is 120 Å². The number of hydrogen-bond donors (Lipinski definition) is 2. The molecule has 1 fully saturated rings. The summed E-state index contributed by atoms with van der Waals surface area (Å²) in [7, 11) is 1.67. The van der Waals surface area contributed by atoms with Crippen LogP contribution >= 0.6 is 0 Å². The van der Waals surface area contributed by atoms with Crippen molar-refractivity contribution in [1.82, 2.24) is 10.2 Å². The first-order valence-corrected chi connectivity index (χ1v) is 7.07. The van der Waals surface area contributed by atoms with E-state index in [0.29, 0.717) is 26.2 Å². The highest BCUT2D eigenvalue weighted by atomic mass is 16.5. The Morgan fingerprint density at radius 3 is 2.75 bits per heavy atom. The van der Waals surface area contributed by atoms with Crippen molar-refractivity contribution < 1.29 is 19.4 Å². The van der Waals surface area contributed by atoms with Crippen LogP contribution in [0.2, 0.25) is 0 Å². The van der Waals surface area contributed by atoms with Crippen LogP contribution in [0.25, 0.3) is 0 Å². The minimum Gasteiger partial charge on any atom is -0.481 e. The summed E-state index contributed by atoms with van der Waals surface area (Å²) in [5.74, 6) is -0.710. The summed E-state index contributed by atoms with van der Waals surface area (Å²) < 4.78 is 5.06. The molecule has 0 aromatic rings. The Morgan fingerprint density at radius 2 is 2.15 bits per heavy atom. The van der Waals surface area contributed by atoms with Crippen molar-refractivity contribution in [2.24, 2.45) is 11.3 Å². The molecule has 0 aromatic carbocycles. The normalized spacial score (nSPS) is 19.1. The number of nitrogens with one attached hydrogen (secondary N) is 1. The number of urea groups is 1. The Balaban J connectivity index is 2.31. The second-order valence-electron chi connectivity index (χ2n) is 6.26. The first-order valence-electron chi connectivity index (χ1n) is 7.07. The monoisotopic (exact) mass is 286 g/mol. The topological polar surface area (TPSA) is 78.9 Å². The fourth-order valence-electron chi connectivity index (χ4n) is 2.32. The number of nitrogens with zero attached hydrogens (tertiary/aromatic N) is 1. The molecule has 0 aliphatic carbocycles. The first-order chi connectivity index (χ1) is 9.34. The maximum atomic E-state index is 12.0. The molecule has 0 radical (unpaired) electrons. The van der Waals surface area contributed by atoms with E-state index in [4.69, 9.17) is 9.84 Å². The molecule has 1 aliphatic rings. The lowest BCUT2D eigenvalue weighted by Crippen LogP contribution is -2.42. The lowest BCUT2D eigenvalue weighted by atomic mass is 9.90. The Bertz CT molecular complexity index is 344. The summed E-state index contributed by atoms with van der Waals surface area (Å²) in [6, 6.07) is -0.0941. The maximum absolute atomic E-state index is 12.0. The van der Waals surface area contributed by atoms with E-state index in [9.17, 15) is 9.59 Å². The summed E-state index contributed by atoms with van der Waals surface area (Å²) in [6.07, 6.45) is 1.79. The van der Waals surface area contributed by atoms with E-state index >= 15 is 0 Å². The van der Waals surface area contributed by atoms with Gasteiger partial charge in [-0.2, -0.15) is 0 Å². The molecule has 0 spiro atoms. The summed E-state index contributed by atoms with van der Waals surface area (Å²) in [5, 5.41) is 11.7. The van der Waals surface area contributed by atoms with Gasteiger partial charge in [-0.15, -0.1) is 0 Å². The zero-order valence-corrected chi connectivity index (χ0v) is 12.6. The average Bonchev–Trinajstić information content (AvgIpc) is 2.81. The zero-order valence-electron chi connectivity index (χ0n) is 12.6. The molecular formula is C14H26N2O4. The van der Waals surface area contributed by atoms with Gasteiger partial charge in [-0.05, 0) is 24.2 Å². The molecule has 1 saturated heterocycles. The number of carbonyl (C=O) groups excluding carboxylic acids is 1. The van der Waals surface area contributed by atoms with Gasteiger partial charge in [-0.25, -0.2) is 4.79 Å². The highest BCUT2D eigenvalue weighted by Gasteiger charge is 2.28. The molecule has 6 heteroatoms. The predicted molar refractivity (Wildman–Crippen MR) is 75.6 cm³/mol. The molecule has 1 rings (SSSR count). The van der Waals surface area contributed by atoms with E-state index in [-0.39, 0.29) is 23.8 Å². The third-order valence-electron chi connectivity index (χ3n) is 3.74. The van der Waals surface area contributed by atoms with Crippen molar-refractivity contribution >= 4 is 12.0 Å². The van der Waals surface area contributed by atoms with Crippen LogP contribution in [0.4, 0.5) is 4.79 Å². The lowest BCUT2D eigenvalue weighted by Gasteiger charge is -2.26. The number of hydrogen-bond acceptors (Lipinski definition) is 3. The quantitative estimate of drug-likeness (QED) is 0.744. The third-order valence-corrected chi connectivity index (χ3v) is 3.74. The fraction of sp³-hybridized carbons (Fsp3) is 0.857. The minimum atomic E-state index is -0.794. The number of methoxy groups -OCH3 is 1. The van der Waals surface area contributed by atoms with Gasteiger partial charge in [0, 0.05) is 39.8 Å². The Kier molecular flexibility index (Phi) is 6.26. The fourth-order valence-corrected chi connectivity index (χ4v) is 2.32. The molecule has 0 bridgehead atoms. The maximum Gasteiger partial charge on any atom is 0.317 e. The van der Waals surface area contributed by atoms with Crippen molar-refractivity contribution in [2.45, 2.75) is 33.1 Å². The highest BCUT2D eigenvalue weighted by Crippen LogP contribution is 2.21. The highest BCUT2D eigenvalue weighted by molar-refractivity contribution is 5.74. The first kappa shape index (κ1) is 16.8. The van der Waals surface area contributed by atoms with Gasteiger partial charge in [0.05, 0.1) is 0 Å². The van der Waals surface area contributed by atoms with E-state index in [1.165, 1.54) is 0 Å². The molecular weight excluding hydrogens is 260 g/mol. The smallest absolute Gasteiger partial charge is 0.317 e. The minimum absolute atomic E-state index is 0.00808. The summed E-state index contributed by atoms with van der Waals surface area (Å²) >= 11 is 0. The zero-order chi connectivity index (χ0) is 15.2. The lowest BCUT2D eigenvalue weighted by molar-refractivity contribution is -0.138. The number of aliphatic carboxylic acids is 1. The molecule has 1 unspecified atom stereocenters. The van der Waals surface area contributed by atoms with Crippen molar-refractivity contribution in [3.63, 3.8) is 0 Å². The standard InChI is InChI=1S/C14H26N2O4/c1-14(2,5-7-20-3)10-15-13(19)16-6-4-11(9-16)8-12(17)18/h11H,4-10H2,1-3H3,(H,15,19)(H,17,18). The second kappa shape index (κ2) is 7.47. The van der Waals surface area contributed by atoms with Crippen molar-refractivity contribution in [3.05, 3.63) is 0 Å². The van der Waals surface area contributed by atoms with Crippen molar-refractivity contribution in [1.29, 1.82) is 0 Å². The third kappa shape index (κ3) is 5.77. The molecule has 6 nitrogen and oxygen atoms in total. The molecule has 1 atom stereocenters. The van der Waals surface area contributed by atoms with Crippen LogP contribution in [0.1, 0.15) is 33.1 Å². The van der Waals surface area contributed by atoms with Crippen LogP contribution in [0.5, 0.6) is 0 Å². The molecule has 0 saturated carbocycles. The SMILES string of the molecule is COCCC(C)(C)CNC(=O)N1CCC(CC(=O)O)C1. The van der Waals surface area contributed by atoms with Crippen LogP contribution in [0.15, 0.2) is 0 Å². The molecule has 1 aliphatic heterocycles. The number of amides is 2. The molecule has 1 heterocycles. The van der Waals surface area contributed by atoms with Crippen molar-refractivity contribution in [2.75, 3.05) is 33.4 Å². The van der Waals surface area contributed by atoms with Crippen molar-refractivity contribution in [3.8, 4) is 0 Å². The van der Waals surface area contributed by atoms with Crippen LogP contribution in [-0.4, -0.2) is 55.4 Å². The number of rotatable bonds is 7. The van der Waals surface area contributed by atoms with Crippen LogP contribution in [0, 0.1) is 11.3 Å². The molecule has 0 aromatic heterocycles. The van der Waals surface area contributed by atoms with Gasteiger partial charge in [0.1, 0.15) is 0 Å². The number of ether oxygens (including phenoxy) is 1. The number of likely N-dealkylation sites (tertiary alicyclic amines) is 1. The second-order valence-corrected chi connectivity index (χ2v) is 6.26. The summed E-state index contributed by atoms with van der Waals surface area (Å²) in [4.78, 5) is 24.4. The van der Waals surface area contributed by atoms with E-state index in [0.717, 1.165) is 12.8 Å². The number of carboxylic acids is 1. The number of carbonyl (C=O) groups is 2. The Morgan fingerprint density at radius 1 is 1.45 bits per heavy atom. The van der Waals surface area contributed by atoms with Crippen LogP contribution in [-0.2, 0) is 9.53 Å². The average molecular weight is 286 g/mol. The molecule has 20 heavy (non-hydrogen) atoms. The number of carboxylic acid groups (broad SMARTS) is 1. The summed E-state index contributed by atoms with van der Waals surface area (Å²) in [5.41, 5.74) is -0.00808. The predicted octanol–water partition coefficient (Wildman–Crippen LogP) is 1.56. The van der Waals surface area contributed by atoms with Gasteiger partial charge < -0.3 is 20.1 Å². The van der Waals surface area contributed by atoms with E-state index in [1.807, 2.05) is 0 Å². The molecule has 116 valence electrons. The Hall–Kier alpha value is -1.30. The molecule has 2 amide bonds. The summed E-state index contributed by atoms with van der Waals surface area (Å²) in [6.45, 7) is 6.62. The van der Waals surface area contributed by atoms with E-state index in [2.05, 4.69) is 19.2 Å². The van der Waals surface area contributed by atoms with Crippen LogP contribution in [0.3, 0.4) is 0 Å². The largest absolute Gasteiger partial charge is 0.481 e. The van der Waals surface area contributed by atoms with E-state index in [1.54, 1.807) is 12.0 Å². The van der Waals surface area contributed by atoms with Gasteiger partial charge in [-0.3, -0.25) is 4.79 Å².